The molecule has 0 radical (unpaired) electrons. The molecule has 4 fully saturated rings. The first-order valence-corrected chi connectivity index (χ1v) is 15.9. The first-order valence-electron chi connectivity index (χ1n) is 14.7. The molecule has 4 aliphatic rings. The van der Waals surface area contributed by atoms with Crippen molar-refractivity contribution in [3.05, 3.63) is 34.5 Å². The van der Waals surface area contributed by atoms with Crippen LogP contribution in [-0.4, -0.2) is 76.4 Å². The van der Waals surface area contributed by atoms with Crippen molar-refractivity contribution in [1.29, 1.82) is 5.26 Å². The minimum Gasteiger partial charge on any atom is -0.461 e. The van der Waals surface area contributed by atoms with E-state index in [1.165, 1.54) is 6.20 Å². The number of piperazine rings is 1. The summed E-state index contributed by atoms with van der Waals surface area (Å²) in [6, 6.07) is 3.62. The number of aromatic nitrogens is 3. The van der Waals surface area contributed by atoms with Crippen molar-refractivity contribution in [1.82, 2.24) is 25.2 Å². The number of benzene rings is 1. The van der Waals surface area contributed by atoms with Crippen LogP contribution in [0.25, 0.3) is 32.2 Å². The van der Waals surface area contributed by atoms with E-state index in [9.17, 15) is 14.0 Å². The van der Waals surface area contributed by atoms with E-state index in [0.29, 0.717) is 31.9 Å². The van der Waals surface area contributed by atoms with Crippen LogP contribution >= 0.6 is 22.9 Å². The number of thiophene rings is 1. The van der Waals surface area contributed by atoms with Crippen LogP contribution in [0.15, 0.2) is 12.3 Å². The number of ether oxygens (including phenoxy) is 1. The Hall–Kier alpha value is -3.44. The fraction of sp³-hybridized carbons (Fsp3) is 0.467. The highest BCUT2D eigenvalue weighted by Gasteiger charge is 2.49. The molecule has 2 bridgehead atoms. The summed E-state index contributed by atoms with van der Waals surface area (Å²) in [6.45, 7) is 2.70. The lowest BCUT2D eigenvalue weighted by atomic mass is 9.95. The van der Waals surface area contributed by atoms with Gasteiger partial charge in [0.15, 0.2) is 11.6 Å². The lowest BCUT2D eigenvalue weighted by molar-refractivity contribution is 0.107. The maximum atomic E-state index is 16.8. The van der Waals surface area contributed by atoms with E-state index in [4.69, 9.17) is 27.1 Å². The summed E-state index contributed by atoms with van der Waals surface area (Å²) < 4.78 is 52.4. The predicted octanol–water partition coefficient (Wildman–Crippen LogP) is 5.19. The molecular formula is C30H28ClF3N8OS. The zero-order valence-electron chi connectivity index (χ0n) is 23.5. The largest absolute Gasteiger partial charge is 0.461 e. The standard InChI is InChI=1S/C30H28ClF3N8OS/c31-19-6-20(33)26-22(17(8-35)27(36)44-26)21(19)18-9-37-25-24(23(18)34)39-29(40-28(25)41-11-15-2-3-16(12-41)38-15)43-13-30-4-1-5-42(30)10-14(32)7-30/h6,9,14-16,38H,1-5,7,10-13,36H2/t14-,15?,16?,30+/m1/s1. The molecule has 4 atom stereocenters. The number of halogens is 4. The Kier molecular flexibility index (Phi) is 6.57. The van der Waals surface area contributed by atoms with E-state index in [1.54, 1.807) is 0 Å². The molecule has 3 aromatic heterocycles. The molecule has 9 nitrogen and oxygen atoms in total. The number of anilines is 2. The molecule has 7 heterocycles. The van der Waals surface area contributed by atoms with E-state index in [2.05, 4.69) is 25.1 Å². The van der Waals surface area contributed by atoms with Crippen molar-refractivity contribution in [3.8, 4) is 23.2 Å². The highest BCUT2D eigenvalue weighted by molar-refractivity contribution is 7.23. The fourth-order valence-corrected chi connectivity index (χ4v) is 8.91. The molecule has 0 spiro atoms. The highest BCUT2D eigenvalue weighted by atomic mass is 35.5. The van der Waals surface area contributed by atoms with E-state index in [0.717, 1.165) is 49.6 Å². The maximum Gasteiger partial charge on any atom is 0.319 e. The summed E-state index contributed by atoms with van der Waals surface area (Å²) in [6.07, 6.45) is 4.60. The fourth-order valence-electron chi connectivity index (χ4n) is 7.68. The van der Waals surface area contributed by atoms with Gasteiger partial charge in [-0.1, -0.05) is 11.6 Å². The van der Waals surface area contributed by atoms with Crippen LogP contribution in [0.5, 0.6) is 6.01 Å². The number of nitrogens with zero attached hydrogens (tertiary/aromatic N) is 6. The van der Waals surface area contributed by atoms with Crippen LogP contribution in [0.3, 0.4) is 0 Å². The van der Waals surface area contributed by atoms with Crippen molar-refractivity contribution in [2.45, 2.75) is 55.9 Å². The number of fused-ring (bicyclic) bond motifs is 5. The maximum absolute atomic E-state index is 16.8. The van der Waals surface area contributed by atoms with Crippen LogP contribution in [-0.2, 0) is 0 Å². The first kappa shape index (κ1) is 28.1. The molecule has 4 aliphatic heterocycles. The number of nitrogen functional groups attached to an aromatic ring is 1. The quantitative estimate of drug-likeness (QED) is 0.304. The van der Waals surface area contributed by atoms with Gasteiger partial charge in [-0.2, -0.15) is 15.2 Å². The molecule has 0 saturated carbocycles. The predicted molar refractivity (Wildman–Crippen MR) is 163 cm³/mol. The first-order chi connectivity index (χ1) is 21.2. The van der Waals surface area contributed by atoms with Gasteiger partial charge in [-0.05, 0) is 38.3 Å². The summed E-state index contributed by atoms with van der Waals surface area (Å²) in [5.41, 5.74) is 5.86. The van der Waals surface area contributed by atoms with Crippen LogP contribution in [0.2, 0.25) is 5.02 Å². The average molecular weight is 641 g/mol. The molecule has 14 heteroatoms. The molecule has 2 unspecified atom stereocenters. The zero-order chi connectivity index (χ0) is 30.3. The van der Waals surface area contributed by atoms with Crippen LogP contribution in [0, 0.1) is 23.0 Å². The van der Waals surface area contributed by atoms with Gasteiger partial charge in [0.2, 0.25) is 0 Å². The van der Waals surface area contributed by atoms with Gasteiger partial charge < -0.3 is 20.7 Å². The van der Waals surface area contributed by atoms with Gasteiger partial charge in [0, 0.05) is 60.8 Å². The van der Waals surface area contributed by atoms with Gasteiger partial charge in [-0.25, -0.2) is 18.2 Å². The Labute approximate surface area is 259 Å². The summed E-state index contributed by atoms with van der Waals surface area (Å²) >= 11 is 7.43. The van der Waals surface area contributed by atoms with Crippen molar-refractivity contribution in [2.75, 3.05) is 43.4 Å². The Balaban J connectivity index is 1.28. The molecule has 228 valence electrons. The van der Waals surface area contributed by atoms with E-state index in [-0.39, 0.29) is 72.5 Å². The van der Waals surface area contributed by atoms with E-state index < -0.39 is 23.3 Å². The second kappa shape index (κ2) is 10.3. The smallest absolute Gasteiger partial charge is 0.319 e. The van der Waals surface area contributed by atoms with Gasteiger partial charge in [0.05, 0.1) is 20.8 Å². The summed E-state index contributed by atoms with van der Waals surface area (Å²) in [7, 11) is 0. The lowest BCUT2D eigenvalue weighted by Gasteiger charge is -2.34. The van der Waals surface area contributed by atoms with E-state index in [1.807, 2.05) is 6.07 Å². The number of pyridine rings is 1. The van der Waals surface area contributed by atoms with Crippen LogP contribution < -0.4 is 20.7 Å². The summed E-state index contributed by atoms with van der Waals surface area (Å²) in [5.74, 6) is -0.954. The summed E-state index contributed by atoms with van der Waals surface area (Å²) in [5, 5.41) is 13.6. The number of nitrogens with two attached hydrogens (primary N) is 1. The Morgan fingerprint density at radius 2 is 2.00 bits per heavy atom. The summed E-state index contributed by atoms with van der Waals surface area (Å²) in [4.78, 5) is 18.1. The van der Waals surface area contributed by atoms with Crippen LogP contribution in [0.1, 0.15) is 37.7 Å². The third-order valence-corrected chi connectivity index (χ3v) is 11.0. The van der Waals surface area contributed by atoms with Crippen molar-refractivity contribution < 1.29 is 17.9 Å². The van der Waals surface area contributed by atoms with Gasteiger partial charge in [0.25, 0.3) is 0 Å². The number of nitrogens with one attached hydrogen (secondary N) is 1. The molecule has 0 aliphatic carbocycles. The average Bonchev–Trinajstić information content (AvgIpc) is 3.73. The van der Waals surface area contributed by atoms with E-state index >= 15 is 4.39 Å². The Morgan fingerprint density at radius 1 is 1.20 bits per heavy atom. The lowest BCUT2D eigenvalue weighted by Crippen LogP contribution is -2.51. The number of rotatable bonds is 5. The second-order valence-corrected chi connectivity index (χ2v) is 13.8. The molecular weight excluding hydrogens is 613 g/mol. The Morgan fingerprint density at radius 3 is 2.77 bits per heavy atom. The topological polar surface area (TPSA) is 116 Å². The third kappa shape index (κ3) is 4.29. The van der Waals surface area contributed by atoms with Crippen molar-refractivity contribution in [2.24, 2.45) is 0 Å². The van der Waals surface area contributed by atoms with Gasteiger partial charge in [0.1, 0.15) is 40.7 Å². The Bertz CT molecular complexity index is 1870. The number of alkyl halides is 1. The number of hydrogen-bond acceptors (Lipinski definition) is 10. The monoisotopic (exact) mass is 640 g/mol. The van der Waals surface area contributed by atoms with Gasteiger partial charge >= 0.3 is 6.01 Å². The minimum atomic E-state index is -0.922. The molecule has 4 aromatic rings. The molecule has 8 rings (SSSR count). The number of nitriles is 1. The van der Waals surface area contributed by atoms with Gasteiger partial charge in [-0.3, -0.25) is 4.90 Å². The SMILES string of the molecule is N#Cc1c(N)sc2c(F)cc(Cl)c(-c3cnc4c(N5CC6CCC(C5)N6)nc(OC[C@@]56CCCN5C[C@H](F)C6)nc4c3F)c12. The molecule has 3 N–H and O–H groups in total. The zero-order valence-corrected chi connectivity index (χ0v) is 25.1. The normalized spacial score (nSPS) is 26.5. The highest BCUT2D eigenvalue weighted by Crippen LogP contribution is 2.46. The molecule has 4 saturated heterocycles. The third-order valence-electron chi connectivity index (χ3n) is 9.63. The second-order valence-electron chi connectivity index (χ2n) is 12.3. The molecule has 44 heavy (non-hydrogen) atoms. The van der Waals surface area contributed by atoms with Crippen molar-refractivity contribution in [3.63, 3.8) is 0 Å². The van der Waals surface area contributed by atoms with Gasteiger partial charge in [-0.15, -0.1) is 11.3 Å². The van der Waals surface area contributed by atoms with Crippen molar-refractivity contribution >= 4 is 54.9 Å². The molecule has 1 aromatic carbocycles. The molecule has 0 amide bonds. The number of hydrogen-bond donors (Lipinski definition) is 2. The van der Waals surface area contributed by atoms with Crippen LogP contribution in [0.4, 0.5) is 24.0 Å². The minimum absolute atomic E-state index is 0.0207.